The number of para-hydroxylation sites is 3. The van der Waals surface area contributed by atoms with E-state index in [0.29, 0.717) is 18.5 Å². The maximum atomic E-state index is 12.2. The third-order valence-corrected chi connectivity index (χ3v) is 4.39. The van der Waals surface area contributed by atoms with Crippen molar-refractivity contribution in [3.8, 4) is 0 Å². The van der Waals surface area contributed by atoms with E-state index >= 15 is 0 Å². The summed E-state index contributed by atoms with van der Waals surface area (Å²) in [5, 5.41) is 13.9. The summed E-state index contributed by atoms with van der Waals surface area (Å²) in [6.07, 6.45) is 1.59. The fourth-order valence-corrected chi connectivity index (χ4v) is 3.18. The van der Waals surface area contributed by atoms with Crippen LogP contribution in [0.4, 0.5) is 5.69 Å². The zero-order valence-electron chi connectivity index (χ0n) is 15.2. The molecule has 0 spiro atoms. The second-order valence-electron chi connectivity index (χ2n) is 6.33. The highest BCUT2D eigenvalue weighted by atomic mass is 16.6. The molecule has 0 aliphatic carbocycles. The lowest BCUT2D eigenvalue weighted by Crippen LogP contribution is -2.28. The van der Waals surface area contributed by atoms with Crippen LogP contribution in [0.1, 0.15) is 24.7 Å². The number of nitrogens with zero attached hydrogens (tertiary/aromatic N) is 3. The Morgan fingerprint density at radius 1 is 1.19 bits per heavy atom. The molecule has 0 saturated carbocycles. The Morgan fingerprint density at radius 2 is 1.93 bits per heavy atom. The molecule has 1 N–H and O–H groups in total. The molecule has 0 atom stereocenters. The number of aromatic nitrogens is 2. The number of rotatable bonds is 8. The van der Waals surface area contributed by atoms with Gasteiger partial charge in [0.2, 0.25) is 5.91 Å². The van der Waals surface area contributed by atoms with Gasteiger partial charge < -0.3 is 9.88 Å². The molecule has 0 aliphatic rings. The number of carbonyl (C=O) groups is 1. The fraction of sp³-hybridized carbons (Fsp3) is 0.300. The van der Waals surface area contributed by atoms with Crippen LogP contribution in [0.2, 0.25) is 0 Å². The van der Waals surface area contributed by atoms with E-state index in [9.17, 15) is 14.9 Å². The van der Waals surface area contributed by atoms with Crippen LogP contribution < -0.4 is 5.32 Å². The summed E-state index contributed by atoms with van der Waals surface area (Å²) < 4.78 is 2.18. The summed E-state index contributed by atoms with van der Waals surface area (Å²) >= 11 is 0. The maximum Gasteiger partial charge on any atom is 0.273 e. The molecule has 7 nitrogen and oxygen atoms in total. The lowest BCUT2D eigenvalue weighted by Gasteiger charge is -2.09. The molecule has 1 amide bonds. The van der Waals surface area contributed by atoms with Gasteiger partial charge in [0.1, 0.15) is 5.82 Å². The number of carbonyl (C=O) groups excluding carboxylic acids is 1. The number of nitro groups is 1. The van der Waals surface area contributed by atoms with E-state index in [1.54, 1.807) is 18.2 Å². The minimum absolute atomic E-state index is 0.0114. The van der Waals surface area contributed by atoms with Gasteiger partial charge in [0.25, 0.3) is 5.69 Å². The number of imidazole rings is 1. The van der Waals surface area contributed by atoms with Gasteiger partial charge in [0.05, 0.1) is 22.4 Å². The molecule has 7 heteroatoms. The number of benzene rings is 2. The zero-order chi connectivity index (χ0) is 19.2. The van der Waals surface area contributed by atoms with Crippen LogP contribution in [0.5, 0.6) is 0 Å². The van der Waals surface area contributed by atoms with Crippen molar-refractivity contribution in [3.63, 3.8) is 0 Å². The molecule has 0 saturated heterocycles. The maximum absolute atomic E-state index is 12.2. The van der Waals surface area contributed by atoms with Crippen LogP contribution in [0.25, 0.3) is 11.0 Å². The van der Waals surface area contributed by atoms with Crippen LogP contribution in [0.3, 0.4) is 0 Å². The van der Waals surface area contributed by atoms with Crippen LogP contribution in [0, 0.1) is 10.1 Å². The summed E-state index contributed by atoms with van der Waals surface area (Å²) in [5.41, 5.74) is 2.43. The van der Waals surface area contributed by atoms with Gasteiger partial charge in [-0.05, 0) is 18.6 Å². The molecule has 1 aromatic heterocycles. The Kier molecular flexibility index (Phi) is 5.80. The SMILES string of the molecule is CCCn1c(CCNC(=O)Cc2ccccc2[N+](=O)[O-])nc2ccccc21. The quantitative estimate of drug-likeness (QED) is 0.489. The molecule has 27 heavy (non-hydrogen) atoms. The van der Waals surface area contributed by atoms with E-state index in [0.717, 1.165) is 29.8 Å². The average Bonchev–Trinajstić information content (AvgIpc) is 3.00. The molecule has 0 radical (unpaired) electrons. The molecule has 0 aliphatic heterocycles. The Morgan fingerprint density at radius 3 is 2.70 bits per heavy atom. The van der Waals surface area contributed by atoms with E-state index in [4.69, 9.17) is 0 Å². The van der Waals surface area contributed by atoms with Gasteiger partial charge in [-0.15, -0.1) is 0 Å². The van der Waals surface area contributed by atoms with Crippen LogP contribution in [0.15, 0.2) is 48.5 Å². The molecule has 0 unspecified atom stereocenters. The van der Waals surface area contributed by atoms with E-state index in [1.807, 2.05) is 18.2 Å². The van der Waals surface area contributed by atoms with Crippen molar-refractivity contribution >= 4 is 22.6 Å². The van der Waals surface area contributed by atoms with Crippen molar-refractivity contribution in [2.75, 3.05) is 6.54 Å². The van der Waals surface area contributed by atoms with E-state index in [-0.39, 0.29) is 18.0 Å². The summed E-state index contributed by atoms with van der Waals surface area (Å²) in [6.45, 7) is 3.43. The average molecular weight is 366 g/mol. The first-order valence-corrected chi connectivity index (χ1v) is 9.03. The van der Waals surface area contributed by atoms with Gasteiger partial charge in [-0.25, -0.2) is 4.98 Å². The number of nitrogens with one attached hydrogen (secondary N) is 1. The second-order valence-corrected chi connectivity index (χ2v) is 6.33. The number of fused-ring (bicyclic) bond motifs is 1. The Bertz CT molecular complexity index is 965. The third-order valence-electron chi connectivity index (χ3n) is 4.39. The molecule has 0 fully saturated rings. The highest BCUT2D eigenvalue weighted by Gasteiger charge is 2.15. The van der Waals surface area contributed by atoms with Crippen LogP contribution in [-0.4, -0.2) is 26.9 Å². The Labute approximate surface area is 157 Å². The van der Waals surface area contributed by atoms with Gasteiger partial charge >= 0.3 is 0 Å². The van der Waals surface area contributed by atoms with E-state index in [1.165, 1.54) is 6.07 Å². The molecule has 3 aromatic rings. The summed E-state index contributed by atoms with van der Waals surface area (Å²) in [7, 11) is 0. The first-order valence-electron chi connectivity index (χ1n) is 9.03. The van der Waals surface area contributed by atoms with Crippen molar-refractivity contribution < 1.29 is 9.72 Å². The topological polar surface area (TPSA) is 90.1 Å². The number of amides is 1. The normalized spacial score (nSPS) is 10.9. The van der Waals surface area contributed by atoms with Gasteiger partial charge in [-0.3, -0.25) is 14.9 Å². The zero-order valence-corrected chi connectivity index (χ0v) is 15.2. The highest BCUT2D eigenvalue weighted by Crippen LogP contribution is 2.18. The summed E-state index contributed by atoms with van der Waals surface area (Å²) in [4.78, 5) is 27.5. The van der Waals surface area contributed by atoms with Crippen molar-refractivity contribution in [1.29, 1.82) is 0 Å². The molecular weight excluding hydrogens is 344 g/mol. The Hall–Kier alpha value is -3.22. The van der Waals surface area contributed by atoms with Crippen molar-refractivity contribution in [2.24, 2.45) is 0 Å². The molecule has 140 valence electrons. The lowest BCUT2D eigenvalue weighted by molar-refractivity contribution is -0.385. The third kappa shape index (κ3) is 4.31. The fourth-order valence-electron chi connectivity index (χ4n) is 3.18. The predicted octanol–water partition coefficient (Wildman–Crippen LogP) is 3.26. The number of nitro benzene ring substituents is 1. The summed E-state index contributed by atoms with van der Waals surface area (Å²) in [6, 6.07) is 14.3. The number of aryl methyl sites for hydroxylation is 1. The second kappa shape index (κ2) is 8.44. The van der Waals surface area contributed by atoms with Gasteiger partial charge in [-0.2, -0.15) is 0 Å². The van der Waals surface area contributed by atoms with E-state index < -0.39 is 4.92 Å². The summed E-state index contributed by atoms with van der Waals surface area (Å²) in [5.74, 6) is 0.700. The molecule has 0 bridgehead atoms. The molecule has 1 heterocycles. The standard InChI is InChI=1S/C20H22N4O3/c1-2-13-23-18-10-6-4-8-16(18)22-19(23)11-12-21-20(25)14-15-7-3-5-9-17(15)24(26)27/h3-10H,2,11-14H2,1H3,(H,21,25). The largest absolute Gasteiger partial charge is 0.355 e. The van der Waals surface area contributed by atoms with Gasteiger partial charge in [-0.1, -0.05) is 37.3 Å². The monoisotopic (exact) mass is 366 g/mol. The smallest absolute Gasteiger partial charge is 0.273 e. The highest BCUT2D eigenvalue weighted by molar-refractivity contribution is 5.79. The van der Waals surface area contributed by atoms with Gasteiger partial charge in [0, 0.05) is 31.1 Å². The van der Waals surface area contributed by atoms with Crippen molar-refractivity contribution in [1.82, 2.24) is 14.9 Å². The minimum Gasteiger partial charge on any atom is -0.355 e. The van der Waals surface area contributed by atoms with Crippen molar-refractivity contribution in [3.05, 3.63) is 70.0 Å². The first-order chi connectivity index (χ1) is 13.1. The molecule has 2 aromatic carbocycles. The van der Waals surface area contributed by atoms with E-state index in [2.05, 4.69) is 27.9 Å². The Balaban J connectivity index is 1.63. The van der Waals surface area contributed by atoms with Crippen LogP contribution in [-0.2, 0) is 24.2 Å². The minimum atomic E-state index is -0.463. The van der Waals surface area contributed by atoms with Crippen LogP contribution >= 0.6 is 0 Å². The predicted molar refractivity (Wildman–Crippen MR) is 104 cm³/mol. The van der Waals surface area contributed by atoms with Gasteiger partial charge in [0.15, 0.2) is 0 Å². The lowest BCUT2D eigenvalue weighted by atomic mass is 10.1. The molecule has 3 rings (SSSR count). The number of hydrogen-bond acceptors (Lipinski definition) is 4. The number of hydrogen-bond donors (Lipinski definition) is 1. The molecular formula is C20H22N4O3. The first kappa shape index (κ1) is 18.6. The van der Waals surface area contributed by atoms with Crippen molar-refractivity contribution in [2.45, 2.75) is 32.7 Å².